The van der Waals surface area contributed by atoms with Gasteiger partial charge < -0.3 is 0 Å². The number of hydrogen-bond donors (Lipinski definition) is 0. The van der Waals surface area contributed by atoms with Crippen molar-refractivity contribution in [3.63, 3.8) is 0 Å². The SMILES string of the molecule is [B]c1ccccc1.c1ccc(P(c2ccccc2)c2ccccc2)cc1. The molecule has 4 aromatic rings. The molecule has 0 aliphatic carbocycles. The minimum absolute atomic E-state index is 0.446. The standard InChI is InChI=1S/C18H15P.C6H5B/c1-4-10-16(11-5-1)19(17-12-6-2-7-13-17)18-14-8-3-9-15-18;7-6-4-2-1-3-5-6/h1-15H;1-5H. The Morgan fingerprint density at radius 1 is 0.385 bits per heavy atom. The molecule has 124 valence electrons. The lowest BCUT2D eigenvalue weighted by Crippen LogP contribution is -2.20. The molecule has 2 heteroatoms. The topological polar surface area (TPSA) is 0 Å². The maximum Gasteiger partial charge on any atom is 0.113 e. The lowest BCUT2D eigenvalue weighted by atomic mass is 9.97. The molecule has 0 aromatic heterocycles. The van der Waals surface area contributed by atoms with E-state index < -0.39 is 7.92 Å². The van der Waals surface area contributed by atoms with Crippen LogP contribution in [0, 0.1) is 0 Å². The highest BCUT2D eigenvalue weighted by Gasteiger charge is 2.14. The maximum absolute atomic E-state index is 5.36. The van der Waals surface area contributed by atoms with Crippen molar-refractivity contribution in [3.05, 3.63) is 121 Å². The predicted octanol–water partition coefficient (Wildman–Crippen LogP) is 3.93. The van der Waals surface area contributed by atoms with E-state index in [0.717, 1.165) is 5.46 Å². The Morgan fingerprint density at radius 3 is 0.885 bits per heavy atom. The largest absolute Gasteiger partial charge is 0.113 e. The van der Waals surface area contributed by atoms with Gasteiger partial charge in [-0.3, -0.25) is 0 Å². The van der Waals surface area contributed by atoms with Crippen molar-refractivity contribution >= 4 is 37.1 Å². The zero-order chi connectivity index (χ0) is 18.0. The average Bonchev–Trinajstić information content (AvgIpc) is 2.72. The predicted molar refractivity (Wildman–Crippen MR) is 117 cm³/mol. The van der Waals surface area contributed by atoms with Gasteiger partial charge in [0, 0.05) is 0 Å². The Labute approximate surface area is 158 Å². The van der Waals surface area contributed by atoms with Crippen molar-refractivity contribution in [2.24, 2.45) is 0 Å². The van der Waals surface area contributed by atoms with E-state index in [4.69, 9.17) is 7.85 Å². The highest BCUT2D eigenvalue weighted by Crippen LogP contribution is 2.32. The Kier molecular flexibility index (Phi) is 6.82. The molecule has 0 aliphatic rings. The summed E-state index contributed by atoms with van der Waals surface area (Å²) in [6.07, 6.45) is 0. The Morgan fingerprint density at radius 2 is 0.654 bits per heavy atom. The van der Waals surface area contributed by atoms with Crippen LogP contribution in [0.15, 0.2) is 121 Å². The van der Waals surface area contributed by atoms with Crippen LogP contribution in [0.1, 0.15) is 0 Å². The van der Waals surface area contributed by atoms with Crippen LogP contribution in [0.2, 0.25) is 0 Å². The molecule has 0 saturated carbocycles. The van der Waals surface area contributed by atoms with E-state index in [0.29, 0.717) is 0 Å². The normalized spacial score (nSPS) is 10.0. The molecule has 26 heavy (non-hydrogen) atoms. The molecule has 0 N–H and O–H groups in total. The van der Waals surface area contributed by atoms with Gasteiger partial charge in [-0.1, -0.05) is 127 Å². The second-order valence-electron chi connectivity index (χ2n) is 5.75. The molecule has 0 spiro atoms. The minimum atomic E-state index is -0.446. The second kappa shape index (κ2) is 9.75. The molecule has 4 aromatic carbocycles. The smallest absolute Gasteiger partial charge is 0.0967 e. The molecule has 0 atom stereocenters. The van der Waals surface area contributed by atoms with Gasteiger partial charge in [0.2, 0.25) is 0 Å². The Balaban J connectivity index is 0.000000236. The third-order valence-electron chi connectivity index (χ3n) is 3.84. The molecule has 0 bridgehead atoms. The lowest BCUT2D eigenvalue weighted by Gasteiger charge is -2.18. The van der Waals surface area contributed by atoms with Crippen molar-refractivity contribution in [1.29, 1.82) is 0 Å². The second-order valence-corrected chi connectivity index (χ2v) is 7.97. The van der Waals surface area contributed by atoms with E-state index in [1.165, 1.54) is 15.9 Å². The van der Waals surface area contributed by atoms with Gasteiger partial charge in [0.1, 0.15) is 7.85 Å². The minimum Gasteiger partial charge on any atom is -0.0967 e. The van der Waals surface area contributed by atoms with Gasteiger partial charge in [-0.25, -0.2) is 0 Å². The summed E-state index contributed by atoms with van der Waals surface area (Å²) in [5.41, 5.74) is 0.822. The van der Waals surface area contributed by atoms with Gasteiger partial charge in [0.15, 0.2) is 0 Å². The van der Waals surface area contributed by atoms with Crippen molar-refractivity contribution in [3.8, 4) is 0 Å². The molecule has 0 fully saturated rings. The van der Waals surface area contributed by atoms with Crippen LogP contribution in [-0.4, -0.2) is 7.85 Å². The fourth-order valence-corrected chi connectivity index (χ4v) is 4.94. The first kappa shape index (κ1) is 18.2. The third-order valence-corrected chi connectivity index (χ3v) is 6.29. The van der Waals surface area contributed by atoms with Crippen molar-refractivity contribution < 1.29 is 0 Å². The monoisotopic (exact) mass is 350 g/mol. The van der Waals surface area contributed by atoms with Crippen LogP contribution in [0.4, 0.5) is 0 Å². The first-order chi connectivity index (χ1) is 12.8. The molecule has 4 rings (SSSR count). The Hall–Kier alpha value is -2.63. The van der Waals surface area contributed by atoms with Crippen molar-refractivity contribution in [2.75, 3.05) is 0 Å². The molecule has 0 unspecified atom stereocenters. The molecular weight excluding hydrogens is 330 g/mol. The Bertz CT molecular complexity index is 784. The number of benzene rings is 4. The maximum atomic E-state index is 5.36. The van der Waals surface area contributed by atoms with Gasteiger partial charge >= 0.3 is 0 Å². The average molecular weight is 350 g/mol. The molecule has 0 nitrogen and oxygen atoms in total. The summed E-state index contributed by atoms with van der Waals surface area (Å²) in [7, 11) is 4.91. The van der Waals surface area contributed by atoms with E-state index >= 15 is 0 Å². The summed E-state index contributed by atoms with van der Waals surface area (Å²) in [4.78, 5) is 0. The van der Waals surface area contributed by atoms with Crippen LogP contribution in [0.25, 0.3) is 0 Å². The summed E-state index contributed by atoms with van der Waals surface area (Å²) in [6, 6.07) is 41.8. The van der Waals surface area contributed by atoms with E-state index in [-0.39, 0.29) is 0 Å². The highest BCUT2D eigenvalue weighted by molar-refractivity contribution is 7.79. The summed E-state index contributed by atoms with van der Waals surface area (Å²) < 4.78 is 0. The first-order valence-electron chi connectivity index (χ1n) is 8.60. The van der Waals surface area contributed by atoms with Gasteiger partial charge in [-0.15, -0.1) is 0 Å². The quantitative estimate of drug-likeness (QED) is 0.388. The fourth-order valence-electron chi connectivity index (χ4n) is 2.63. The summed E-state index contributed by atoms with van der Waals surface area (Å²) in [6.45, 7) is 0. The lowest BCUT2D eigenvalue weighted by molar-refractivity contribution is 1.74. The molecule has 0 saturated heterocycles. The summed E-state index contributed by atoms with van der Waals surface area (Å²) >= 11 is 0. The summed E-state index contributed by atoms with van der Waals surface area (Å²) in [5.74, 6) is 0. The number of rotatable bonds is 3. The van der Waals surface area contributed by atoms with Gasteiger partial charge in [0.25, 0.3) is 0 Å². The molecule has 0 heterocycles. The van der Waals surface area contributed by atoms with Gasteiger partial charge in [0.05, 0.1) is 0 Å². The summed E-state index contributed by atoms with van der Waals surface area (Å²) in [5, 5.41) is 4.19. The highest BCUT2D eigenvalue weighted by atomic mass is 31.1. The van der Waals surface area contributed by atoms with E-state index in [1.54, 1.807) is 0 Å². The molecular formula is C24H20BP. The first-order valence-corrected chi connectivity index (χ1v) is 9.94. The third kappa shape index (κ3) is 5.18. The van der Waals surface area contributed by atoms with Crippen LogP contribution in [-0.2, 0) is 0 Å². The van der Waals surface area contributed by atoms with Crippen molar-refractivity contribution in [2.45, 2.75) is 0 Å². The van der Waals surface area contributed by atoms with Crippen molar-refractivity contribution in [1.82, 2.24) is 0 Å². The fraction of sp³-hybridized carbons (Fsp3) is 0. The molecule has 0 aliphatic heterocycles. The van der Waals surface area contributed by atoms with Crippen LogP contribution < -0.4 is 21.4 Å². The van der Waals surface area contributed by atoms with E-state index in [1.807, 2.05) is 30.3 Å². The molecule has 0 amide bonds. The van der Waals surface area contributed by atoms with Crippen LogP contribution in [0.3, 0.4) is 0 Å². The van der Waals surface area contributed by atoms with Crippen LogP contribution in [0.5, 0.6) is 0 Å². The zero-order valence-electron chi connectivity index (χ0n) is 14.6. The van der Waals surface area contributed by atoms with Crippen LogP contribution >= 0.6 is 7.92 Å². The van der Waals surface area contributed by atoms with E-state index in [2.05, 4.69) is 91.0 Å². The molecule has 2 radical (unpaired) electrons. The number of hydrogen-bond acceptors (Lipinski definition) is 0. The van der Waals surface area contributed by atoms with E-state index in [9.17, 15) is 0 Å². The van der Waals surface area contributed by atoms with Gasteiger partial charge in [-0.05, 0) is 23.8 Å². The zero-order valence-corrected chi connectivity index (χ0v) is 15.5. The van der Waals surface area contributed by atoms with Gasteiger partial charge in [-0.2, -0.15) is 0 Å².